The molecule has 1 amide bonds. The number of hydrogen-bond acceptors (Lipinski definition) is 5. The number of amides is 1. The monoisotopic (exact) mass is 379 g/mol. The SMILES string of the molecule is Cc1nn(CC(=O)Nc2c3c(nc4ccccc24)CCCC3)c(C)c1[N+](=O)[O-]. The highest BCUT2D eigenvalue weighted by Crippen LogP contribution is 2.33. The van der Waals surface area contributed by atoms with Crippen LogP contribution in [0.4, 0.5) is 11.4 Å². The van der Waals surface area contributed by atoms with Gasteiger partial charge in [0.2, 0.25) is 5.91 Å². The first-order valence-electron chi connectivity index (χ1n) is 9.34. The summed E-state index contributed by atoms with van der Waals surface area (Å²) in [6, 6.07) is 7.77. The number of pyridine rings is 1. The molecule has 1 aliphatic rings. The van der Waals surface area contributed by atoms with Gasteiger partial charge in [-0.1, -0.05) is 18.2 Å². The number of benzene rings is 1. The number of nitrogens with one attached hydrogen (secondary N) is 1. The lowest BCUT2D eigenvalue weighted by Crippen LogP contribution is -2.22. The van der Waals surface area contributed by atoms with E-state index < -0.39 is 4.92 Å². The van der Waals surface area contributed by atoms with E-state index in [1.807, 2.05) is 24.3 Å². The molecule has 0 aliphatic heterocycles. The molecular formula is C20H21N5O3. The van der Waals surface area contributed by atoms with Gasteiger partial charge in [-0.15, -0.1) is 0 Å². The van der Waals surface area contributed by atoms with E-state index in [4.69, 9.17) is 4.98 Å². The molecule has 3 aromatic rings. The number of carbonyl (C=O) groups excluding carboxylic acids is 1. The Labute approximate surface area is 161 Å². The Balaban J connectivity index is 1.68. The summed E-state index contributed by atoms with van der Waals surface area (Å²) in [5.74, 6) is -0.260. The van der Waals surface area contributed by atoms with Gasteiger partial charge in [0, 0.05) is 11.1 Å². The van der Waals surface area contributed by atoms with Gasteiger partial charge in [0.05, 0.1) is 16.1 Å². The van der Waals surface area contributed by atoms with Gasteiger partial charge in [0.1, 0.15) is 17.9 Å². The average molecular weight is 379 g/mol. The molecule has 0 radical (unpaired) electrons. The molecular weight excluding hydrogens is 358 g/mol. The van der Waals surface area contributed by atoms with Gasteiger partial charge in [-0.3, -0.25) is 24.6 Å². The lowest BCUT2D eigenvalue weighted by Gasteiger charge is -2.21. The number of aryl methyl sites for hydroxylation is 2. The van der Waals surface area contributed by atoms with E-state index in [1.54, 1.807) is 13.8 Å². The minimum absolute atomic E-state index is 0.0421. The number of fused-ring (bicyclic) bond motifs is 2. The van der Waals surface area contributed by atoms with E-state index in [0.29, 0.717) is 11.4 Å². The fourth-order valence-electron chi connectivity index (χ4n) is 3.94. The predicted octanol–water partition coefficient (Wildman–Crippen LogP) is 3.47. The van der Waals surface area contributed by atoms with Crippen LogP contribution >= 0.6 is 0 Å². The second kappa shape index (κ2) is 7.03. The molecule has 2 aromatic heterocycles. The Morgan fingerprint density at radius 3 is 2.75 bits per heavy atom. The van der Waals surface area contributed by atoms with Gasteiger partial charge in [-0.2, -0.15) is 5.10 Å². The second-order valence-electron chi connectivity index (χ2n) is 7.12. The van der Waals surface area contributed by atoms with E-state index in [1.165, 1.54) is 4.68 Å². The largest absolute Gasteiger partial charge is 0.324 e. The van der Waals surface area contributed by atoms with Gasteiger partial charge in [-0.05, 0) is 51.2 Å². The summed E-state index contributed by atoms with van der Waals surface area (Å²) >= 11 is 0. The Kier molecular flexibility index (Phi) is 4.54. The first-order chi connectivity index (χ1) is 13.5. The van der Waals surface area contributed by atoms with Crippen LogP contribution in [0.5, 0.6) is 0 Å². The van der Waals surface area contributed by atoms with Crippen molar-refractivity contribution in [1.82, 2.24) is 14.8 Å². The summed E-state index contributed by atoms with van der Waals surface area (Å²) in [5.41, 5.74) is 4.45. The van der Waals surface area contributed by atoms with Crippen molar-refractivity contribution in [3.05, 3.63) is 57.0 Å². The second-order valence-corrected chi connectivity index (χ2v) is 7.12. The number of para-hydroxylation sites is 1. The maximum atomic E-state index is 12.8. The minimum Gasteiger partial charge on any atom is -0.324 e. The number of nitrogens with zero attached hydrogens (tertiary/aromatic N) is 4. The van der Waals surface area contributed by atoms with Crippen molar-refractivity contribution >= 4 is 28.2 Å². The molecule has 0 unspecified atom stereocenters. The number of rotatable bonds is 4. The number of anilines is 1. The van der Waals surface area contributed by atoms with Crippen LogP contribution in [0, 0.1) is 24.0 Å². The molecule has 2 heterocycles. The zero-order valence-electron chi connectivity index (χ0n) is 15.9. The molecule has 1 aliphatic carbocycles. The number of carbonyl (C=O) groups is 1. The molecule has 1 N–H and O–H groups in total. The maximum Gasteiger partial charge on any atom is 0.312 e. The average Bonchev–Trinajstić information content (AvgIpc) is 2.94. The van der Waals surface area contributed by atoms with Gasteiger partial charge in [0.25, 0.3) is 0 Å². The third kappa shape index (κ3) is 3.11. The quantitative estimate of drug-likeness (QED) is 0.552. The molecule has 4 rings (SSSR count). The lowest BCUT2D eigenvalue weighted by molar-refractivity contribution is -0.386. The van der Waals surface area contributed by atoms with Crippen molar-refractivity contribution in [1.29, 1.82) is 0 Å². The summed E-state index contributed by atoms with van der Waals surface area (Å²) in [4.78, 5) is 28.3. The topological polar surface area (TPSA) is 103 Å². The molecule has 0 atom stereocenters. The third-order valence-corrected chi connectivity index (χ3v) is 5.25. The van der Waals surface area contributed by atoms with Crippen LogP contribution in [0.1, 0.15) is 35.5 Å². The van der Waals surface area contributed by atoms with Crippen molar-refractivity contribution in [2.75, 3.05) is 5.32 Å². The van der Waals surface area contributed by atoms with Crippen LogP contribution in [0.3, 0.4) is 0 Å². The van der Waals surface area contributed by atoms with Crippen molar-refractivity contribution in [2.24, 2.45) is 0 Å². The van der Waals surface area contributed by atoms with Crippen LogP contribution in [0.2, 0.25) is 0 Å². The molecule has 0 saturated carbocycles. The fraction of sp³-hybridized carbons (Fsp3) is 0.350. The smallest absolute Gasteiger partial charge is 0.312 e. The van der Waals surface area contributed by atoms with Crippen molar-refractivity contribution in [2.45, 2.75) is 46.1 Å². The highest BCUT2D eigenvalue weighted by molar-refractivity contribution is 6.02. The summed E-state index contributed by atoms with van der Waals surface area (Å²) in [6.45, 7) is 3.10. The molecule has 28 heavy (non-hydrogen) atoms. The highest BCUT2D eigenvalue weighted by Gasteiger charge is 2.24. The van der Waals surface area contributed by atoms with Crippen LogP contribution in [-0.4, -0.2) is 25.6 Å². The maximum absolute atomic E-state index is 12.8. The first kappa shape index (κ1) is 18.1. The van der Waals surface area contributed by atoms with Crippen molar-refractivity contribution in [3.63, 3.8) is 0 Å². The summed E-state index contributed by atoms with van der Waals surface area (Å²) in [7, 11) is 0. The summed E-state index contributed by atoms with van der Waals surface area (Å²) < 4.78 is 1.39. The van der Waals surface area contributed by atoms with Crippen LogP contribution < -0.4 is 5.32 Å². The van der Waals surface area contributed by atoms with Gasteiger partial charge < -0.3 is 5.32 Å². The molecule has 144 valence electrons. The number of aromatic nitrogens is 3. The fourth-order valence-corrected chi connectivity index (χ4v) is 3.94. The Bertz CT molecular complexity index is 1100. The zero-order chi connectivity index (χ0) is 19.8. The van der Waals surface area contributed by atoms with Crippen LogP contribution in [0.15, 0.2) is 24.3 Å². The van der Waals surface area contributed by atoms with Gasteiger partial charge in [0.15, 0.2) is 0 Å². The predicted molar refractivity (Wildman–Crippen MR) is 105 cm³/mol. The van der Waals surface area contributed by atoms with E-state index in [0.717, 1.165) is 53.5 Å². The Hall–Kier alpha value is -3.29. The molecule has 0 spiro atoms. The van der Waals surface area contributed by atoms with Crippen molar-refractivity contribution in [3.8, 4) is 0 Å². The van der Waals surface area contributed by atoms with Gasteiger partial charge >= 0.3 is 5.69 Å². The Morgan fingerprint density at radius 2 is 2.00 bits per heavy atom. The number of hydrogen-bond donors (Lipinski definition) is 1. The summed E-state index contributed by atoms with van der Waals surface area (Å²) in [6.07, 6.45) is 3.96. The molecule has 8 nitrogen and oxygen atoms in total. The van der Waals surface area contributed by atoms with Crippen LogP contribution in [-0.2, 0) is 24.2 Å². The standard InChI is InChI=1S/C20H21N5O3/c1-12-20(25(27)28)13(2)24(23-12)11-18(26)22-19-14-7-3-5-9-16(14)21-17-10-6-4-8-15(17)19/h3,5,7,9H,4,6,8,10-11H2,1-2H3,(H,21,22,26). The normalized spacial score (nSPS) is 13.4. The van der Waals surface area contributed by atoms with Crippen molar-refractivity contribution < 1.29 is 9.72 Å². The highest BCUT2D eigenvalue weighted by atomic mass is 16.6. The zero-order valence-corrected chi connectivity index (χ0v) is 15.9. The van der Waals surface area contributed by atoms with Gasteiger partial charge in [-0.25, -0.2) is 0 Å². The van der Waals surface area contributed by atoms with E-state index in [9.17, 15) is 14.9 Å². The van der Waals surface area contributed by atoms with E-state index in [2.05, 4.69) is 10.4 Å². The molecule has 1 aromatic carbocycles. The van der Waals surface area contributed by atoms with E-state index >= 15 is 0 Å². The Morgan fingerprint density at radius 1 is 1.25 bits per heavy atom. The third-order valence-electron chi connectivity index (χ3n) is 5.25. The molecule has 0 bridgehead atoms. The first-order valence-corrected chi connectivity index (χ1v) is 9.34. The van der Waals surface area contributed by atoms with Crippen LogP contribution in [0.25, 0.3) is 10.9 Å². The van der Waals surface area contributed by atoms with E-state index in [-0.39, 0.29) is 18.1 Å². The molecule has 0 fully saturated rings. The molecule has 0 saturated heterocycles. The summed E-state index contributed by atoms with van der Waals surface area (Å²) in [5, 5.41) is 19.3. The lowest BCUT2D eigenvalue weighted by atomic mass is 9.92. The number of nitro groups is 1. The minimum atomic E-state index is -0.460. The molecule has 8 heteroatoms.